The molecule has 1 aromatic carbocycles. The van der Waals surface area contributed by atoms with Gasteiger partial charge in [-0.05, 0) is 60.8 Å². The minimum absolute atomic E-state index is 0.178. The average Bonchev–Trinajstić information content (AvgIpc) is 2.68. The lowest BCUT2D eigenvalue weighted by molar-refractivity contribution is 0.0910. The lowest BCUT2D eigenvalue weighted by Crippen LogP contribution is -2.43. The topological polar surface area (TPSA) is 42.0 Å². The summed E-state index contributed by atoms with van der Waals surface area (Å²) in [7, 11) is -1.93. The third kappa shape index (κ3) is 5.59. The minimum atomic E-state index is -1.93. The second kappa shape index (κ2) is 10.0. The summed E-state index contributed by atoms with van der Waals surface area (Å²) >= 11 is 6.29. The van der Waals surface area contributed by atoms with Crippen LogP contribution in [-0.2, 0) is 5.54 Å². The summed E-state index contributed by atoms with van der Waals surface area (Å²) in [5.74, 6) is 3.22. The zero-order valence-electron chi connectivity index (χ0n) is 20.0. The highest BCUT2D eigenvalue weighted by Gasteiger charge is 2.41. The van der Waals surface area contributed by atoms with E-state index in [0.29, 0.717) is 32.8 Å². The monoisotopic (exact) mass is 454 g/mol. The Labute approximate surface area is 194 Å². The molecule has 0 radical (unpaired) electrons. The van der Waals surface area contributed by atoms with E-state index in [1.807, 2.05) is 32.0 Å². The van der Waals surface area contributed by atoms with E-state index in [2.05, 4.69) is 63.3 Å². The van der Waals surface area contributed by atoms with Gasteiger partial charge in [-0.15, -0.1) is 5.54 Å². The van der Waals surface area contributed by atoms with Crippen molar-refractivity contribution in [3.8, 4) is 11.5 Å². The molecule has 1 heterocycles. The molecular formula is C26H35ClN2OSi. The van der Waals surface area contributed by atoms with E-state index in [-0.39, 0.29) is 5.91 Å². The molecule has 0 aliphatic rings. The maximum Gasteiger partial charge on any atom is 0.253 e. The molecule has 2 aromatic rings. The highest BCUT2D eigenvalue weighted by Crippen LogP contribution is 2.40. The van der Waals surface area contributed by atoms with Crippen LogP contribution in [0.25, 0.3) is 0 Å². The number of nitrogens with one attached hydrogen (secondary N) is 1. The summed E-state index contributed by atoms with van der Waals surface area (Å²) in [4.78, 5) is 17.7. The number of rotatable bonds is 6. The number of aromatic nitrogens is 1. The Bertz CT molecular complexity index is 950. The standard InChI is InChI=1S/C26H35ClN2OSi/c1-18(2)31(19(3)4,20(5)6)16-14-21-17-22(27)12-13-23(21)25(30)29-26(7,8)24-11-9-10-15-28-24/h9-13,15,17-20H,1-8H3,(H,29,30). The molecule has 0 saturated carbocycles. The third-order valence-electron chi connectivity index (χ3n) is 6.24. The molecule has 166 valence electrons. The van der Waals surface area contributed by atoms with Crippen molar-refractivity contribution in [1.82, 2.24) is 10.3 Å². The first kappa shape index (κ1) is 25.2. The van der Waals surface area contributed by atoms with E-state index in [1.165, 1.54) is 0 Å². The Balaban J connectivity index is 2.48. The number of carbonyl (C=O) groups is 1. The van der Waals surface area contributed by atoms with Gasteiger partial charge >= 0.3 is 0 Å². The number of hydrogen-bond donors (Lipinski definition) is 1. The number of amides is 1. The van der Waals surface area contributed by atoms with Gasteiger partial charge in [-0.3, -0.25) is 9.78 Å². The Kier molecular flexibility index (Phi) is 8.13. The zero-order chi connectivity index (χ0) is 23.4. The van der Waals surface area contributed by atoms with Crippen molar-refractivity contribution < 1.29 is 4.79 Å². The summed E-state index contributed by atoms with van der Waals surface area (Å²) in [6.07, 6.45) is 1.73. The van der Waals surface area contributed by atoms with Crippen LogP contribution >= 0.6 is 11.6 Å². The predicted octanol–water partition coefficient (Wildman–Crippen LogP) is 6.97. The molecule has 0 saturated heterocycles. The first-order valence-corrected chi connectivity index (χ1v) is 13.6. The molecule has 0 aliphatic heterocycles. The van der Waals surface area contributed by atoms with Crippen LogP contribution in [0.4, 0.5) is 0 Å². The maximum atomic E-state index is 13.3. The Hall–Kier alpha value is -2.09. The maximum absolute atomic E-state index is 13.3. The number of halogens is 1. The van der Waals surface area contributed by atoms with Crippen LogP contribution in [0, 0.1) is 11.5 Å². The van der Waals surface area contributed by atoms with Gasteiger partial charge in [0.05, 0.1) is 16.8 Å². The van der Waals surface area contributed by atoms with Crippen molar-refractivity contribution in [3.05, 3.63) is 64.4 Å². The molecule has 0 unspecified atom stereocenters. The SMILES string of the molecule is CC(C)[Si](C#Cc1cc(Cl)ccc1C(=O)NC(C)(C)c1ccccn1)(C(C)C)C(C)C. The summed E-state index contributed by atoms with van der Waals surface area (Å²) in [6.45, 7) is 17.6. The number of carbonyl (C=O) groups excluding carboxylic acids is 1. The lowest BCUT2D eigenvalue weighted by atomic mass is 9.98. The van der Waals surface area contributed by atoms with E-state index in [1.54, 1.807) is 24.4 Å². The Morgan fingerprint density at radius 2 is 1.65 bits per heavy atom. The van der Waals surface area contributed by atoms with Crippen molar-refractivity contribution in [1.29, 1.82) is 0 Å². The molecule has 1 N–H and O–H groups in total. The van der Waals surface area contributed by atoms with E-state index in [0.717, 1.165) is 5.69 Å². The smallest absolute Gasteiger partial charge is 0.253 e. The van der Waals surface area contributed by atoms with Gasteiger partial charge in [0.25, 0.3) is 5.91 Å². The number of nitrogens with zero attached hydrogens (tertiary/aromatic N) is 1. The first-order chi connectivity index (χ1) is 14.4. The molecule has 0 atom stereocenters. The third-order valence-corrected chi connectivity index (χ3v) is 12.8. The van der Waals surface area contributed by atoms with Crippen LogP contribution in [0.1, 0.15) is 77.0 Å². The highest BCUT2D eigenvalue weighted by atomic mass is 35.5. The summed E-state index contributed by atoms with van der Waals surface area (Å²) in [5, 5.41) is 3.69. The van der Waals surface area contributed by atoms with Gasteiger partial charge in [0, 0.05) is 16.8 Å². The van der Waals surface area contributed by atoms with Gasteiger partial charge in [-0.1, -0.05) is 65.1 Å². The molecule has 2 rings (SSSR count). The number of hydrogen-bond acceptors (Lipinski definition) is 2. The van der Waals surface area contributed by atoms with Crippen LogP contribution in [0.15, 0.2) is 42.6 Å². The Morgan fingerprint density at radius 3 is 2.16 bits per heavy atom. The largest absolute Gasteiger partial charge is 0.341 e. The van der Waals surface area contributed by atoms with Crippen molar-refractivity contribution in [3.63, 3.8) is 0 Å². The fourth-order valence-corrected chi connectivity index (χ4v) is 9.96. The number of pyridine rings is 1. The van der Waals surface area contributed by atoms with Crippen LogP contribution in [0.5, 0.6) is 0 Å². The molecule has 3 nitrogen and oxygen atoms in total. The number of benzene rings is 1. The van der Waals surface area contributed by atoms with E-state index in [4.69, 9.17) is 11.6 Å². The highest BCUT2D eigenvalue weighted by molar-refractivity contribution is 6.90. The van der Waals surface area contributed by atoms with E-state index < -0.39 is 13.6 Å². The summed E-state index contributed by atoms with van der Waals surface area (Å²) in [6, 6.07) is 11.0. The zero-order valence-corrected chi connectivity index (χ0v) is 21.8. The van der Waals surface area contributed by atoms with E-state index >= 15 is 0 Å². The first-order valence-electron chi connectivity index (χ1n) is 11.0. The molecule has 5 heteroatoms. The van der Waals surface area contributed by atoms with Crippen LogP contribution in [0.2, 0.25) is 21.6 Å². The fraction of sp³-hybridized carbons (Fsp3) is 0.462. The molecule has 31 heavy (non-hydrogen) atoms. The predicted molar refractivity (Wildman–Crippen MR) is 134 cm³/mol. The molecule has 0 fully saturated rings. The van der Waals surface area contributed by atoms with Gasteiger partial charge in [0.2, 0.25) is 0 Å². The molecule has 0 bridgehead atoms. The second-order valence-corrected chi connectivity index (χ2v) is 15.6. The molecule has 1 aromatic heterocycles. The van der Waals surface area contributed by atoms with Crippen molar-refractivity contribution in [2.24, 2.45) is 0 Å². The van der Waals surface area contributed by atoms with Crippen LogP contribution in [0.3, 0.4) is 0 Å². The van der Waals surface area contributed by atoms with Crippen LogP contribution < -0.4 is 5.32 Å². The van der Waals surface area contributed by atoms with E-state index in [9.17, 15) is 4.79 Å². The molecular weight excluding hydrogens is 420 g/mol. The quantitative estimate of drug-likeness (QED) is 0.378. The second-order valence-electron chi connectivity index (χ2n) is 9.63. The molecule has 1 amide bonds. The molecule has 0 aliphatic carbocycles. The van der Waals surface area contributed by atoms with Crippen molar-refractivity contribution in [2.75, 3.05) is 0 Å². The summed E-state index contributed by atoms with van der Waals surface area (Å²) < 4.78 is 0. The lowest BCUT2D eigenvalue weighted by Gasteiger charge is -2.38. The van der Waals surface area contributed by atoms with Gasteiger partial charge in [-0.25, -0.2) is 0 Å². The average molecular weight is 455 g/mol. The summed E-state index contributed by atoms with van der Waals surface area (Å²) in [5.41, 5.74) is 6.65. The van der Waals surface area contributed by atoms with Crippen molar-refractivity contribution >= 4 is 25.6 Å². The normalized spacial score (nSPS) is 12.1. The Morgan fingerprint density at radius 1 is 1.03 bits per heavy atom. The van der Waals surface area contributed by atoms with Gasteiger partial charge < -0.3 is 5.32 Å². The minimum Gasteiger partial charge on any atom is -0.341 e. The fourth-order valence-electron chi connectivity index (χ4n) is 4.57. The van der Waals surface area contributed by atoms with Gasteiger partial charge in [-0.2, -0.15) is 0 Å². The van der Waals surface area contributed by atoms with Gasteiger partial charge in [0.15, 0.2) is 0 Å². The van der Waals surface area contributed by atoms with Crippen LogP contribution in [-0.4, -0.2) is 19.0 Å². The molecule has 0 spiro atoms. The van der Waals surface area contributed by atoms with Crippen molar-refractivity contribution in [2.45, 2.75) is 77.6 Å². The van der Waals surface area contributed by atoms with Gasteiger partial charge in [0.1, 0.15) is 8.07 Å².